The number of hydrogen-bond acceptors (Lipinski definition) is 4. The second kappa shape index (κ2) is 5.25. The Kier molecular flexibility index (Phi) is 3.99. The van der Waals surface area contributed by atoms with Crippen molar-refractivity contribution in [1.29, 1.82) is 0 Å². The number of aliphatic carboxylic acids is 1. The molecule has 0 atom stereocenters. The zero-order chi connectivity index (χ0) is 12.1. The SMILES string of the molecule is CC(=O)O.COc1cc2c(cc1N)CCN2. The molecule has 0 fully saturated rings. The van der Waals surface area contributed by atoms with Gasteiger partial charge in [-0.1, -0.05) is 0 Å². The van der Waals surface area contributed by atoms with Crippen LogP contribution < -0.4 is 15.8 Å². The van der Waals surface area contributed by atoms with Gasteiger partial charge in [0.05, 0.1) is 12.8 Å². The van der Waals surface area contributed by atoms with Crippen LogP contribution in [0.1, 0.15) is 12.5 Å². The van der Waals surface area contributed by atoms with Gasteiger partial charge in [-0.05, 0) is 18.1 Å². The number of rotatable bonds is 1. The van der Waals surface area contributed by atoms with Crippen LogP contribution in [-0.4, -0.2) is 24.7 Å². The lowest BCUT2D eigenvalue weighted by atomic mass is 10.1. The van der Waals surface area contributed by atoms with E-state index < -0.39 is 5.97 Å². The minimum Gasteiger partial charge on any atom is -0.495 e. The first-order chi connectivity index (χ1) is 7.54. The Hall–Kier alpha value is -1.91. The van der Waals surface area contributed by atoms with Crippen LogP contribution in [0.15, 0.2) is 12.1 Å². The van der Waals surface area contributed by atoms with Crippen molar-refractivity contribution in [2.24, 2.45) is 0 Å². The third-order valence-corrected chi connectivity index (χ3v) is 2.17. The molecular formula is C11H16N2O3. The van der Waals surface area contributed by atoms with Gasteiger partial charge in [-0.3, -0.25) is 4.79 Å². The number of benzene rings is 1. The van der Waals surface area contributed by atoms with E-state index in [-0.39, 0.29) is 0 Å². The standard InChI is InChI=1S/C9H12N2O.C2H4O2/c1-12-9-5-8-6(2-3-11-8)4-7(9)10;1-2(3)4/h4-5,11H,2-3,10H2,1H3;1H3,(H,3,4). The van der Waals surface area contributed by atoms with Crippen LogP contribution in [0.5, 0.6) is 5.75 Å². The van der Waals surface area contributed by atoms with Crippen molar-refractivity contribution in [1.82, 2.24) is 0 Å². The predicted molar refractivity (Wildman–Crippen MR) is 62.9 cm³/mol. The van der Waals surface area contributed by atoms with Crippen LogP contribution in [0, 0.1) is 0 Å². The Labute approximate surface area is 94.2 Å². The highest BCUT2D eigenvalue weighted by molar-refractivity contribution is 5.67. The van der Waals surface area contributed by atoms with Crippen LogP contribution in [0.3, 0.4) is 0 Å². The largest absolute Gasteiger partial charge is 0.495 e. The van der Waals surface area contributed by atoms with Crippen molar-refractivity contribution in [2.75, 3.05) is 24.7 Å². The van der Waals surface area contributed by atoms with E-state index in [9.17, 15) is 0 Å². The number of methoxy groups -OCH3 is 1. The summed E-state index contributed by atoms with van der Waals surface area (Å²) >= 11 is 0. The molecule has 0 bridgehead atoms. The fourth-order valence-electron chi connectivity index (χ4n) is 1.52. The summed E-state index contributed by atoms with van der Waals surface area (Å²) in [7, 11) is 1.63. The lowest BCUT2D eigenvalue weighted by molar-refractivity contribution is -0.134. The number of hydrogen-bond donors (Lipinski definition) is 3. The summed E-state index contributed by atoms with van der Waals surface area (Å²) in [4.78, 5) is 9.00. The average molecular weight is 224 g/mol. The molecule has 0 radical (unpaired) electrons. The summed E-state index contributed by atoms with van der Waals surface area (Å²) in [6.07, 6.45) is 1.06. The molecule has 0 saturated heterocycles. The summed E-state index contributed by atoms with van der Waals surface area (Å²) in [6.45, 7) is 2.09. The van der Waals surface area contributed by atoms with E-state index >= 15 is 0 Å². The quantitative estimate of drug-likeness (QED) is 0.627. The number of nitrogens with two attached hydrogens (primary N) is 1. The van der Waals surface area contributed by atoms with Gasteiger partial charge in [-0.15, -0.1) is 0 Å². The minimum atomic E-state index is -0.833. The number of fused-ring (bicyclic) bond motifs is 1. The van der Waals surface area contributed by atoms with Crippen LogP contribution in [-0.2, 0) is 11.2 Å². The van der Waals surface area contributed by atoms with E-state index in [1.165, 1.54) is 5.56 Å². The highest BCUT2D eigenvalue weighted by Crippen LogP contribution is 2.32. The van der Waals surface area contributed by atoms with Crippen molar-refractivity contribution in [2.45, 2.75) is 13.3 Å². The number of nitrogen functional groups attached to an aromatic ring is 1. The van der Waals surface area contributed by atoms with Crippen molar-refractivity contribution >= 4 is 17.3 Å². The summed E-state index contributed by atoms with van der Waals surface area (Å²) in [5.74, 6) is -0.0804. The molecule has 0 spiro atoms. The number of carbonyl (C=O) groups is 1. The molecule has 1 aromatic carbocycles. The maximum absolute atomic E-state index is 9.00. The normalized spacial score (nSPS) is 11.9. The number of anilines is 2. The smallest absolute Gasteiger partial charge is 0.300 e. The Balaban J connectivity index is 0.000000280. The number of carboxylic acid groups (broad SMARTS) is 1. The molecule has 88 valence electrons. The van der Waals surface area contributed by atoms with Gasteiger partial charge in [0.1, 0.15) is 5.75 Å². The maximum Gasteiger partial charge on any atom is 0.300 e. The minimum absolute atomic E-state index is 0.722. The second-order valence-corrected chi connectivity index (χ2v) is 3.45. The summed E-state index contributed by atoms with van der Waals surface area (Å²) in [6, 6.07) is 3.94. The molecule has 1 heterocycles. The van der Waals surface area contributed by atoms with Crippen molar-refractivity contribution in [3.05, 3.63) is 17.7 Å². The van der Waals surface area contributed by atoms with E-state index in [0.717, 1.165) is 37.0 Å². The molecule has 2 rings (SSSR count). The first-order valence-corrected chi connectivity index (χ1v) is 4.94. The van der Waals surface area contributed by atoms with Crippen LogP contribution >= 0.6 is 0 Å². The summed E-state index contributed by atoms with van der Waals surface area (Å²) in [5.41, 5.74) is 8.91. The van der Waals surface area contributed by atoms with Gasteiger partial charge >= 0.3 is 0 Å². The molecule has 0 unspecified atom stereocenters. The van der Waals surface area contributed by atoms with Gasteiger partial charge in [-0.25, -0.2) is 0 Å². The first-order valence-electron chi connectivity index (χ1n) is 4.94. The highest BCUT2D eigenvalue weighted by atomic mass is 16.5. The van der Waals surface area contributed by atoms with E-state index in [0.29, 0.717) is 0 Å². The maximum atomic E-state index is 9.00. The van der Waals surface area contributed by atoms with Crippen LogP contribution in [0.25, 0.3) is 0 Å². The zero-order valence-corrected chi connectivity index (χ0v) is 9.41. The molecule has 0 aliphatic carbocycles. The summed E-state index contributed by atoms with van der Waals surface area (Å²) < 4.78 is 5.11. The fraction of sp³-hybridized carbons (Fsp3) is 0.364. The monoisotopic (exact) mass is 224 g/mol. The van der Waals surface area contributed by atoms with E-state index in [2.05, 4.69) is 5.32 Å². The predicted octanol–water partition coefficient (Wildman–Crippen LogP) is 1.34. The average Bonchev–Trinajstić information content (AvgIpc) is 2.62. The molecule has 4 N–H and O–H groups in total. The Morgan fingerprint density at radius 1 is 1.56 bits per heavy atom. The van der Waals surface area contributed by atoms with Gasteiger partial charge in [-0.2, -0.15) is 0 Å². The molecule has 5 nitrogen and oxygen atoms in total. The molecule has 5 heteroatoms. The van der Waals surface area contributed by atoms with Gasteiger partial charge in [0.25, 0.3) is 5.97 Å². The Bertz CT molecular complexity index is 386. The Morgan fingerprint density at radius 2 is 2.19 bits per heavy atom. The van der Waals surface area contributed by atoms with Crippen LogP contribution in [0.4, 0.5) is 11.4 Å². The second-order valence-electron chi connectivity index (χ2n) is 3.45. The van der Waals surface area contributed by atoms with Crippen molar-refractivity contribution in [3.63, 3.8) is 0 Å². The third kappa shape index (κ3) is 3.05. The fourth-order valence-corrected chi connectivity index (χ4v) is 1.52. The molecule has 1 aliphatic rings. The molecule has 1 aliphatic heterocycles. The zero-order valence-electron chi connectivity index (χ0n) is 9.41. The molecule has 1 aromatic rings. The lowest BCUT2D eigenvalue weighted by Gasteiger charge is -2.06. The molecule has 0 saturated carbocycles. The van der Waals surface area contributed by atoms with E-state index in [4.69, 9.17) is 20.4 Å². The molecule has 16 heavy (non-hydrogen) atoms. The first kappa shape index (κ1) is 12.2. The van der Waals surface area contributed by atoms with Crippen molar-refractivity contribution in [3.8, 4) is 5.75 Å². The number of ether oxygens (including phenoxy) is 1. The van der Waals surface area contributed by atoms with Gasteiger partial charge in [0.15, 0.2) is 0 Å². The van der Waals surface area contributed by atoms with Crippen LogP contribution in [0.2, 0.25) is 0 Å². The van der Waals surface area contributed by atoms with Crippen molar-refractivity contribution < 1.29 is 14.6 Å². The lowest BCUT2D eigenvalue weighted by Crippen LogP contribution is -1.94. The molecular weight excluding hydrogens is 208 g/mol. The summed E-state index contributed by atoms with van der Waals surface area (Å²) in [5, 5.41) is 10.7. The number of nitrogens with one attached hydrogen (secondary N) is 1. The van der Waals surface area contributed by atoms with E-state index in [1.54, 1.807) is 7.11 Å². The number of carboxylic acids is 1. The van der Waals surface area contributed by atoms with Gasteiger partial charge in [0, 0.05) is 25.2 Å². The Morgan fingerprint density at radius 3 is 2.75 bits per heavy atom. The topological polar surface area (TPSA) is 84.6 Å². The third-order valence-electron chi connectivity index (χ3n) is 2.17. The highest BCUT2D eigenvalue weighted by Gasteiger charge is 2.12. The van der Waals surface area contributed by atoms with Gasteiger partial charge < -0.3 is 20.9 Å². The molecule has 0 aromatic heterocycles. The van der Waals surface area contributed by atoms with Gasteiger partial charge in [0.2, 0.25) is 0 Å². The molecule has 0 amide bonds. The van der Waals surface area contributed by atoms with E-state index in [1.807, 2.05) is 12.1 Å².